The van der Waals surface area contributed by atoms with Crippen molar-refractivity contribution in [3.63, 3.8) is 0 Å². The second kappa shape index (κ2) is 9.36. The number of nitrogens with zero attached hydrogens (tertiary/aromatic N) is 4. The van der Waals surface area contributed by atoms with Crippen LogP contribution in [-0.2, 0) is 20.2 Å². The van der Waals surface area contributed by atoms with Crippen molar-refractivity contribution >= 4 is 56.6 Å². The van der Waals surface area contributed by atoms with E-state index >= 15 is 0 Å². The molecule has 0 spiro atoms. The van der Waals surface area contributed by atoms with Crippen molar-refractivity contribution in [1.82, 2.24) is 20.2 Å². The summed E-state index contributed by atoms with van der Waals surface area (Å²) in [4.78, 5) is 12.2. The molecule has 0 aliphatic heterocycles. The van der Waals surface area contributed by atoms with Gasteiger partial charge in [0.25, 0.3) is 0 Å². The highest BCUT2D eigenvalue weighted by Crippen LogP contribution is 2.30. The third-order valence-electron chi connectivity index (χ3n) is 4.36. The lowest BCUT2D eigenvalue weighted by Crippen LogP contribution is -2.16. The number of nitrogens with one attached hydrogen (secondary N) is 1. The van der Waals surface area contributed by atoms with Crippen LogP contribution in [0.15, 0.2) is 46.5 Å². The van der Waals surface area contributed by atoms with Gasteiger partial charge in [-0.1, -0.05) is 61.8 Å². The number of carbonyl (C=O) groups is 1. The molecule has 13 heteroatoms. The Morgan fingerprint density at radius 3 is 2.47 bits per heavy atom. The first-order valence-electron chi connectivity index (χ1n) is 9.20. The zero-order chi connectivity index (χ0) is 23.7. The predicted octanol–water partition coefficient (Wildman–Crippen LogP) is 3.64. The smallest absolute Gasteiger partial charge is 0.238 e. The summed E-state index contributed by atoms with van der Waals surface area (Å²) in [5, 5.41) is 20.2. The molecular formula is C19H20Cl2N6O3S2. The lowest BCUT2D eigenvalue weighted by atomic mass is 9.87. The Morgan fingerprint density at radius 1 is 1.16 bits per heavy atom. The summed E-state index contributed by atoms with van der Waals surface area (Å²) in [5.41, 5.74) is 1.85. The van der Waals surface area contributed by atoms with Crippen LogP contribution in [0.2, 0.25) is 10.0 Å². The molecule has 32 heavy (non-hydrogen) atoms. The minimum atomic E-state index is -3.89. The van der Waals surface area contributed by atoms with Gasteiger partial charge in [-0.25, -0.2) is 13.6 Å². The highest BCUT2D eigenvalue weighted by molar-refractivity contribution is 7.99. The molecule has 0 aliphatic carbocycles. The van der Waals surface area contributed by atoms with E-state index in [-0.39, 0.29) is 32.7 Å². The Labute approximate surface area is 199 Å². The molecule has 0 saturated carbocycles. The maximum atomic E-state index is 12.4. The van der Waals surface area contributed by atoms with Gasteiger partial charge < -0.3 is 5.32 Å². The molecule has 0 saturated heterocycles. The van der Waals surface area contributed by atoms with E-state index in [0.717, 1.165) is 17.3 Å². The van der Waals surface area contributed by atoms with Crippen LogP contribution in [0.25, 0.3) is 5.69 Å². The summed E-state index contributed by atoms with van der Waals surface area (Å²) in [6.45, 7) is 6.26. The molecule has 0 fully saturated rings. The summed E-state index contributed by atoms with van der Waals surface area (Å²) >= 11 is 13.6. The molecule has 1 amide bonds. The fourth-order valence-corrected chi connectivity index (χ4v) is 4.43. The van der Waals surface area contributed by atoms with Gasteiger partial charge in [-0.2, -0.15) is 4.68 Å². The van der Waals surface area contributed by atoms with Crippen molar-refractivity contribution < 1.29 is 13.2 Å². The molecule has 0 aliphatic rings. The van der Waals surface area contributed by atoms with Gasteiger partial charge in [-0.15, -0.1) is 5.10 Å². The summed E-state index contributed by atoms with van der Waals surface area (Å²) in [5.74, 6) is -0.408. The van der Waals surface area contributed by atoms with Crippen LogP contribution < -0.4 is 10.5 Å². The molecule has 0 radical (unpaired) electrons. The fraction of sp³-hybridized carbons (Fsp3) is 0.263. The third kappa shape index (κ3) is 5.78. The number of nitrogens with two attached hydrogens (primary N) is 1. The minimum absolute atomic E-state index is 0.0225. The van der Waals surface area contributed by atoms with Crippen LogP contribution in [0.3, 0.4) is 0 Å². The monoisotopic (exact) mass is 514 g/mol. The number of sulfonamides is 1. The summed E-state index contributed by atoms with van der Waals surface area (Å²) in [7, 11) is -3.89. The van der Waals surface area contributed by atoms with E-state index in [4.69, 9.17) is 28.3 Å². The average Bonchev–Trinajstić information content (AvgIpc) is 3.14. The van der Waals surface area contributed by atoms with E-state index in [9.17, 15) is 13.2 Å². The van der Waals surface area contributed by atoms with Crippen molar-refractivity contribution in [3.05, 3.63) is 52.0 Å². The van der Waals surface area contributed by atoms with Gasteiger partial charge in [-0.3, -0.25) is 4.79 Å². The predicted molar refractivity (Wildman–Crippen MR) is 125 cm³/mol. The molecule has 0 unspecified atom stereocenters. The van der Waals surface area contributed by atoms with E-state index in [1.807, 2.05) is 18.2 Å². The maximum absolute atomic E-state index is 12.4. The van der Waals surface area contributed by atoms with Gasteiger partial charge in [0, 0.05) is 0 Å². The second-order valence-electron chi connectivity index (χ2n) is 7.81. The second-order valence-corrected chi connectivity index (χ2v) is 11.1. The van der Waals surface area contributed by atoms with Crippen molar-refractivity contribution in [2.45, 2.75) is 36.2 Å². The molecule has 9 nitrogen and oxygen atoms in total. The normalized spacial score (nSPS) is 12.1. The number of primary sulfonamides is 1. The van der Waals surface area contributed by atoms with Crippen molar-refractivity contribution in [2.24, 2.45) is 5.14 Å². The zero-order valence-corrected chi connectivity index (χ0v) is 20.5. The lowest BCUT2D eigenvalue weighted by molar-refractivity contribution is -0.113. The number of amides is 1. The number of carbonyl (C=O) groups excluding carboxylic acids is 1. The van der Waals surface area contributed by atoms with Crippen molar-refractivity contribution in [3.8, 4) is 5.69 Å². The van der Waals surface area contributed by atoms with Gasteiger partial charge in [0.2, 0.25) is 21.1 Å². The standard InChI is InChI=1S/C19H20Cl2N6O3S2/c1-19(2,3)11-4-7-16(14(21)8-11)27-18(24-25-26-27)31-10-17(28)23-15-6-5-12(9-13(15)20)32(22,29)30/h4-9H,10H2,1-3H3,(H,23,28)(H2,22,29,30). The van der Waals surface area contributed by atoms with Crippen molar-refractivity contribution in [1.29, 1.82) is 0 Å². The van der Waals surface area contributed by atoms with Gasteiger partial charge in [-0.05, 0) is 51.7 Å². The Morgan fingerprint density at radius 2 is 1.88 bits per heavy atom. The number of hydrogen-bond donors (Lipinski definition) is 2. The van der Waals surface area contributed by atoms with Crippen LogP contribution in [0.5, 0.6) is 0 Å². The van der Waals surface area contributed by atoms with Crippen molar-refractivity contribution in [2.75, 3.05) is 11.1 Å². The maximum Gasteiger partial charge on any atom is 0.238 e. The molecule has 3 N–H and O–H groups in total. The van der Waals surface area contributed by atoms with Crippen LogP contribution >= 0.6 is 35.0 Å². The molecule has 0 bridgehead atoms. The molecule has 3 aromatic rings. The summed E-state index contributed by atoms with van der Waals surface area (Å²) in [6, 6.07) is 9.45. The summed E-state index contributed by atoms with van der Waals surface area (Å²) < 4.78 is 24.2. The van der Waals surface area contributed by atoms with Crippen LogP contribution in [0.1, 0.15) is 26.3 Å². The van der Waals surface area contributed by atoms with E-state index in [1.54, 1.807) is 0 Å². The highest BCUT2D eigenvalue weighted by Gasteiger charge is 2.19. The quantitative estimate of drug-likeness (QED) is 0.479. The molecule has 3 rings (SSSR count). The summed E-state index contributed by atoms with van der Waals surface area (Å²) in [6.07, 6.45) is 0. The van der Waals surface area contributed by atoms with E-state index in [2.05, 4.69) is 41.6 Å². The van der Waals surface area contributed by atoms with E-state index in [0.29, 0.717) is 15.9 Å². The average molecular weight is 515 g/mol. The van der Waals surface area contributed by atoms with Crippen LogP contribution in [0.4, 0.5) is 5.69 Å². The number of anilines is 1. The Hall–Kier alpha value is -2.18. The zero-order valence-electron chi connectivity index (χ0n) is 17.3. The molecular weight excluding hydrogens is 495 g/mol. The number of aromatic nitrogens is 4. The first-order chi connectivity index (χ1) is 14.9. The Bertz CT molecular complexity index is 1270. The largest absolute Gasteiger partial charge is 0.324 e. The Balaban J connectivity index is 1.71. The van der Waals surface area contributed by atoms with Gasteiger partial charge >= 0.3 is 0 Å². The first kappa shape index (κ1) is 24.5. The minimum Gasteiger partial charge on any atom is -0.324 e. The van der Waals surface area contributed by atoms with Gasteiger partial charge in [0.1, 0.15) is 0 Å². The fourth-order valence-electron chi connectivity index (χ4n) is 2.66. The Kier molecular flexibility index (Phi) is 7.15. The number of benzene rings is 2. The number of tetrazole rings is 1. The number of rotatable bonds is 6. The molecule has 170 valence electrons. The molecule has 1 aromatic heterocycles. The SMILES string of the molecule is CC(C)(C)c1ccc(-n2nnnc2SCC(=O)Nc2ccc(S(N)(=O)=O)cc2Cl)c(Cl)c1. The van der Waals surface area contributed by atoms with E-state index in [1.165, 1.54) is 22.9 Å². The van der Waals surface area contributed by atoms with Crippen LogP contribution in [-0.4, -0.2) is 40.3 Å². The van der Waals surface area contributed by atoms with Gasteiger partial charge in [0.15, 0.2) is 0 Å². The molecule has 2 aromatic carbocycles. The van der Waals surface area contributed by atoms with E-state index < -0.39 is 10.0 Å². The lowest BCUT2D eigenvalue weighted by Gasteiger charge is -2.20. The van der Waals surface area contributed by atoms with Crippen LogP contribution in [0, 0.1) is 0 Å². The highest BCUT2D eigenvalue weighted by atomic mass is 35.5. The molecule has 1 heterocycles. The third-order valence-corrected chi connectivity index (χ3v) is 6.80. The topological polar surface area (TPSA) is 133 Å². The first-order valence-corrected chi connectivity index (χ1v) is 12.5. The molecule has 0 atom stereocenters. The number of halogens is 2. The number of thioether (sulfide) groups is 1. The number of hydrogen-bond acceptors (Lipinski definition) is 7. The van der Waals surface area contributed by atoms with Gasteiger partial charge in [0.05, 0.1) is 32.1 Å².